The highest BCUT2D eigenvalue weighted by Gasteiger charge is 2.43. The van der Waals surface area contributed by atoms with E-state index in [0.29, 0.717) is 0 Å². The van der Waals surface area contributed by atoms with Gasteiger partial charge in [0.25, 0.3) is 0 Å². The van der Waals surface area contributed by atoms with Gasteiger partial charge in [-0.2, -0.15) is 13.2 Å². The van der Waals surface area contributed by atoms with Gasteiger partial charge in [0.05, 0.1) is 11.3 Å². The fraction of sp³-hybridized carbons (Fsp3) is 0.353. The minimum Gasteiger partial charge on any atom is -0.298 e. The molecule has 136 valence electrons. The molecule has 5 nitrogen and oxygen atoms in total. The molecule has 2 heterocycles. The molecular weight excluding hydrogens is 356 g/mol. The Kier molecular flexibility index (Phi) is 4.33. The van der Waals surface area contributed by atoms with Crippen LogP contribution in [0, 0.1) is 18.7 Å². The number of nitrogens with zero attached hydrogens (tertiary/aromatic N) is 2. The number of carbonyl (C=O) groups is 3. The van der Waals surface area contributed by atoms with Crippen molar-refractivity contribution in [3.8, 4) is 0 Å². The van der Waals surface area contributed by atoms with Crippen LogP contribution in [0.5, 0.6) is 0 Å². The lowest BCUT2D eigenvalue weighted by Gasteiger charge is -2.20. The van der Waals surface area contributed by atoms with Crippen molar-refractivity contribution < 1.29 is 31.9 Å². The van der Waals surface area contributed by atoms with Gasteiger partial charge in [-0.15, -0.1) is 0 Å². The first-order valence-corrected chi connectivity index (χ1v) is 7.74. The van der Waals surface area contributed by atoms with Crippen LogP contribution < -0.4 is 0 Å². The third-order valence-corrected chi connectivity index (χ3v) is 4.22. The zero-order valence-corrected chi connectivity index (χ0v) is 13.5. The molecule has 0 spiro atoms. The normalized spacial score (nSPS) is 16.3. The molecule has 3 rings (SSSR count). The minimum absolute atomic E-state index is 0.0557. The second-order valence-electron chi connectivity index (χ2n) is 6.07. The molecule has 0 radical (unpaired) electrons. The van der Waals surface area contributed by atoms with Gasteiger partial charge in [0.15, 0.2) is 28.7 Å². The highest BCUT2D eigenvalue weighted by molar-refractivity contribution is 6.25. The lowest BCUT2D eigenvalue weighted by Crippen LogP contribution is -2.36. The first kappa shape index (κ1) is 18.1. The maximum atomic E-state index is 13.7. The summed E-state index contributed by atoms with van der Waals surface area (Å²) in [6.07, 6.45) is -4.86. The molecule has 9 heteroatoms. The Hall–Kier alpha value is -2.71. The van der Waals surface area contributed by atoms with Crippen LogP contribution in [0.4, 0.5) is 17.6 Å². The molecule has 0 aliphatic heterocycles. The zero-order valence-electron chi connectivity index (χ0n) is 13.5. The molecule has 1 aliphatic carbocycles. The number of aryl methyl sites for hydroxylation is 1. The van der Waals surface area contributed by atoms with Gasteiger partial charge < -0.3 is 0 Å². The minimum atomic E-state index is -5.01. The van der Waals surface area contributed by atoms with Crippen molar-refractivity contribution in [2.75, 3.05) is 0 Å². The number of aromatic nitrogens is 2. The lowest BCUT2D eigenvalue weighted by molar-refractivity contribution is -0.142. The SMILES string of the molecule is Cc1nc2nc(C(F)(F)F)c(C(=O)C3C(=O)CCCC3=O)cc2cc1F. The summed E-state index contributed by atoms with van der Waals surface area (Å²) in [4.78, 5) is 43.5. The Morgan fingerprint density at radius 2 is 1.73 bits per heavy atom. The van der Waals surface area contributed by atoms with Crippen molar-refractivity contribution in [2.24, 2.45) is 5.92 Å². The second kappa shape index (κ2) is 6.22. The summed E-state index contributed by atoms with van der Waals surface area (Å²) in [5, 5.41) is -0.125. The van der Waals surface area contributed by atoms with Crippen molar-refractivity contribution in [3.05, 3.63) is 34.9 Å². The molecule has 1 aliphatic rings. The van der Waals surface area contributed by atoms with Crippen LogP contribution in [-0.2, 0) is 15.8 Å². The maximum absolute atomic E-state index is 13.7. The third kappa shape index (κ3) is 3.09. The van der Waals surface area contributed by atoms with Gasteiger partial charge in [0.2, 0.25) is 0 Å². The summed E-state index contributed by atoms with van der Waals surface area (Å²) in [7, 11) is 0. The van der Waals surface area contributed by atoms with E-state index in [-0.39, 0.29) is 36.0 Å². The molecular formula is C17H12F4N2O3. The first-order valence-electron chi connectivity index (χ1n) is 7.74. The number of alkyl halides is 3. The first-order chi connectivity index (χ1) is 12.1. The Balaban J connectivity index is 2.22. The zero-order chi connectivity index (χ0) is 19.2. The van der Waals surface area contributed by atoms with Gasteiger partial charge >= 0.3 is 6.18 Å². The molecule has 0 bridgehead atoms. The van der Waals surface area contributed by atoms with Crippen LogP contribution in [0.25, 0.3) is 11.0 Å². The van der Waals surface area contributed by atoms with Crippen molar-refractivity contribution in [1.82, 2.24) is 9.97 Å². The summed E-state index contributed by atoms with van der Waals surface area (Å²) in [6, 6.07) is 1.70. The molecule has 0 saturated heterocycles. The summed E-state index contributed by atoms with van der Waals surface area (Å²) in [6.45, 7) is 1.27. The smallest absolute Gasteiger partial charge is 0.298 e. The summed E-state index contributed by atoms with van der Waals surface area (Å²) < 4.78 is 53.9. The van der Waals surface area contributed by atoms with E-state index < -0.39 is 46.5 Å². The monoisotopic (exact) mass is 368 g/mol. The molecule has 0 atom stereocenters. The number of ketones is 3. The Morgan fingerprint density at radius 1 is 1.12 bits per heavy atom. The van der Waals surface area contributed by atoms with E-state index in [0.717, 1.165) is 12.1 Å². The largest absolute Gasteiger partial charge is 0.434 e. The molecule has 0 aromatic carbocycles. The van der Waals surface area contributed by atoms with Crippen LogP contribution in [-0.4, -0.2) is 27.3 Å². The standard InChI is InChI=1S/C17H12F4N2O3/c1-7-10(18)6-8-5-9(15(17(19,20)21)23-16(8)22-7)14(26)13-11(24)3-2-4-12(13)25/h5-6,13H,2-4H2,1H3. The van der Waals surface area contributed by atoms with Gasteiger partial charge in [-0.05, 0) is 25.5 Å². The van der Waals surface area contributed by atoms with E-state index >= 15 is 0 Å². The topological polar surface area (TPSA) is 77.0 Å². The van der Waals surface area contributed by atoms with E-state index in [4.69, 9.17) is 0 Å². The van der Waals surface area contributed by atoms with Gasteiger partial charge in [-0.25, -0.2) is 14.4 Å². The van der Waals surface area contributed by atoms with Crippen LogP contribution in [0.15, 0.2) is 12.1 Å². The number of carbonyl (C=O) groups excluding carboxylic acids is 3. The van der Waals surface area contributed by atoms with Crippen LogP contribution >= 0.6 is 0 Å². The molecule has 0 N–H and O–H groups in total. The van der Waals surface area contributed by atoms with E-state index in [1.807, 2.05) is 0 Å². The van der Waals surface area contributed by atoms with Crippen LogP contribution in [0.1, 0.15) is 41.0 Å². The number of halogens is 4. The molecule has 0 amide bonds. The highest BCUT2D eigenvalue weighted by Crippen LogP contribution is 2.34. The molecule has 1 fully saturated rings. The molecule has 26 heavy (non-hydrogen) atoms. The average Bonchev–Trinajstić information content (AvgIpc) is 2.53. The van der Waals surface area contributed by atoms with E-state index in [9.17, 15) is 31.9 Å². The number of fused-ring (bicyclic) bond motifs is 1. The van der Waals surface area contributed by atoms with Crippen molar-refractivity contribution >= 4 is 28.4 Å². The van der Waals surface area contributed by atoms with E-state index in [1.165, 1.54) is 6.92 Å². The van der Waals surface area contributed by atoms with E-state index in [2.05, 4.69) is 9.97 Å². The number of hydrogen-bond acceptors (Lipinski definition) is 5. The highest BCUT2D eigenvalue weighted by atomic mass is 19.4. The van der Waals surface area contributed by atoms with Gasteiger partial charge in [0.1, 0.15) is 11.7 Å². The Bertz CT molecular complexity index is 937. The molecule has 1 saturated carbocycles. The van der Waals surface area contributed by atoms with Crippen LogP contribution in [0.3, 0.4) is 0 Å². The Labute approximate surface area is 144 Å². The summed E-state index contributed by atoms with van der Waals surface area (Å²) >= 11 is 0. The number of Topliss-reactive ketones (excluding diaryl/α,β-unsaturated/α-hetero) is 3. The Morgan fingerprint density at radius 3 is 2.31 bits per heavy atom. The molecule has 2 aromatic rings. The maximum Gasteiger partial charge on any atom is 0.434 e. The number of pyridine rings is 2. The number of hydrogen-bond donors (Lipinski definition) is 0. The van der Waals surface area contributed by atoms with Crippen molar-refractivity contribution in [2.45, 2.75) is 32.4 Å². The third-order valence-electron chi connectivity index (χ3n) is 4.22. The average molecular weight is 368 g/mol. The predicted octanol–water partition coefficient (Wildman–Crippen LogP) is 3.22. The fourth-order valence-electron chi connectivity index (χ4n) is 2.93. The molecule has 2 aromatic heterocycles. The van der Waals surface area contributed by atoms with Crippen molar-refractivity contribution in [3.63, 3.8) is 0 Å². The van der Waals surface area contributed by atoms with Gasteiger partial charge in [-0.1, -0.05) is 0 Å². The lowest BCUT2D eigenvalue weighted by atomic mass is 9.81. The quantitative estimate of drug-likeness (QED) is 0.462. The van der Waals surface area contributed by atoms with Gasteiger partial charge in [-0.3, -0.25) is 14.4 Å². The number of rotatable bonds is 2. The van der Waals surface area contributed by atoms with Crippen molar-refractivity contribution in [1.29, 1.82) is 0 Å². The summed E-state index contributed by atoms with van der Waals surface area (Å²) in [5.74, 6) is -5.24. The predicted molar refractivity (Wildman–Crippen MR) is 80.9 cm³/mol. The second-order valence-corrected chi connectivity index (χ2v) is 6.07. The fourth-order valence-corrected chi connectivity index (χ4v) is 2.93. The van der Waals surface area contributed by atoms with E-state index in [1.54, 1.807) is 0 Å². The summed E-state index contributed by atoms with van der Waals surface area (Å²) in [5.41, 5.74) is -2.99. The van der Waals surface area contributed by atoms with Crippen LogP contribution in [0.2, 0.25) is 0 Å². The van der Waals surface area contributed by atoms with Gasteiger partial charge in [0, 0.05) is 18.2 Å². The molecule has 0 unspecified atom stereocenters.